The number of halogens is 3. The van der Waals surface area contributed by atoms with E-state index in [1.165, 1.54) is 24.3 Å². The van der Waals surface area contributed by atoms with Crippen molar-refractivity contribution in [1.82, 2.24) is 5.32 Å². The van der Waals surface area contributed by atoms with Gasteiger partial charge in [0.25, 0.3) is 5.91 Å². The van der Waals surface area contributed by atoms with Gasteiger partial charge in [-0.2, -0.15) is 18.4 Å². The van der Waals surface area contributed by atoms with Crippen molar-refractivity contribution in [3.05, 3.63) is 53.6 Å². The topological polar surface area (TPSA) is 52.9 Å². The number of hydrogen-bond acceptors (Lipinski definition) is 2. The second-order valence-corrected chi connectivity index (χ2v) is 3.79. The van der Waals surface area contributed by atoms with Crippen LogP contribution in [0.2, 0.25) is 0 Å². The Morgan fingerprint density at radius 3 is 2.40 bits per heavy atom. The number of carbonyl (C=O) groups excluding carboxylic acids is 1. The summed E-state index contributed by atoms with van der Waals surface area (Å²) in [7, 11) is 0. The molecule has 0 heterocycles. The first-order chi connectivity index (χ1) is 9.38. The number of amides is 1. The zero-order chi connectivity index (χ0) is 15.2. The Morgan fingerprint density at radius 2 is 1.95 bits per heavy atom. The minimum Gasteiger partial charge on any atom is -0.348 e. The summed E-state index contributed by atoms with van der Waals surface area (Å²) >= 11 is 0. The molecule has 1 aromatic rings. The smallest absolute Gasteiger partial charge is 0.348 e. The van der Waals surface area contributed by atoms with Crippen molar-refractivity contribution in [2.24, 2.45) is 0 Å². The normalized spacial score (nSPS) is 11.6. The van der Waals surface area contributed by atoms with Crippen molar-refractivity contribution in [2.75, 3.05) is 6.54 Å². The minimum atomic E-state index is -4.42. The van der Waals surface area contributed by atoms with Crippen LogP contribution in [0.15, 0.2) is 42.5 Å². The number of nitrogens with one attached hydrogen (secondary N) is 1. The molecule has 0 saturated carbocycles. The molecule has 1 amide bonds. The molecule has 0 aromatic heterocycles. The van der Waals surface area contributed by atoms with Crippen LogP contribution in [0.3, 0.4) is 0 Å². The van der Waals surface area contributed by atoms with E-state index in [0.717, 1.165) is 12.1 Å². The fourth-order valence-corrected chi connectivity index (χ4v) is 1.34. The maximum atomic E-state index is 12.4. The molecule has 0 aliphatic rings. The summed E-state index contributed by atoms with van der Waals surface area (Å²) in [5.74, 6) is -0.604. The highest BCUT2D eigenvalue weighted by atomic mass is 19.4. The van der Waals surface area contributed by atoms with Gasteiger partial charge in [0, 0.05) is 6.54 Å². The molecule has 20 heavy (non-hydrogen) atoms. The Kier molecular flexibility index (Phi) is 5.09. The third-order valence-electron chi connectivity index (χ3n) is 2.32. The summed E-state index contributed by atoms with van der Waals surface area (Å²) in [5, 5.41) is 11.3. The predicted octanol–water partition coefficient (Wildman–Crippen LogP) is 2.91. The van der Waals surface area contributed by atoms with Crippen LogP contribution in [0.4, 0.5) is 13.2 Å². The van der Waals surface area contributed by atoms with Gasteiger partial charge in [-0.15, -0.1) is 6.58 Å². The number of nitrogens with zero attached hydrogens (tertiary/aromatic N) is 1. The van der Waals surface area contributed by atoms with Gasteiger partial charge in [0.15, 0.2) is 0 Å². The highest BCUT2D eigenvalue weighted by molar-refractivity contribution is 6.01. The molecule has 0 radical (unpaired) electrons. The lowest BCUT2D eigenvalue weighted by molar-refractivity contribution is -0.137. The molecular weight excluding hydrogens is 269 g/mol. The van der Waals surface area contributed by atoms with Crippen molar-refractivity contribution in [3.63, 3.8) is 0 Å². The van der Waals surface area contributed by atoms with E-state index in [-0.39, 0.29) is 12.1 Å². The Hall–Kier alpha value is -2.55. The van der Waals surface area contributed by atoms with E-state index >= 15 is 0 Å². The molecule has 104 valence electrons. The van der Waals surface area contributed by atoms with Gasteiger partial charge < -0.3 is 5.32 Å². The number of rotatable bonds is 4. The first-order valence-electron chi connectivity index (χ1n) is 5.56. The quantitative estimate of drug-likeness (QED) is 0.524. The molecule has 0 aliphatic heterocycles. The van der Waals surface area contributed by atoms with Gasteiger partial charge >= 0.3 is 6.18 Å². The summed E-state index contributed by atoms with van der Waals surface area (Å²) in [5.41, 5.74) is -0.640. The van der Waals surface area contributed by atoms with E-state index in [1.807, 2.05) is 0 Å². The van der Waals surface area contributed by atoms with Gasteiger partial charge in [0.1, 0.15) is 11.6 Å². The monoisotopic (exact) mass is 280 g/mol. The fourth-order valence-electron chi connectivity index (χ4n) is 1.34. The lowest BCUT2D eigenvalue weighted by Crippen LogP contribution is -2.24. The van der Waals surface area contributed by atoms with E-state index in [0.29, 0.717) is 5.56 Å². The second-order valence-electron chi connectivity index (χ2n) is 3.79. The zero-order valence-corrected chi connectivity index (χ0v) is 10.4. The lowest BCUT2D eigenvalue weighted by atomic mass is 10.1. The molecule has 1 aromatic carbocycles. The predicted molar refractivity (Wildman–Crippen MR) is 68.2 cm³/mol. The van der Waals surface area contributed by atoms with Crippen LogP contribution in [0.5, 0.6) is 0 Å². The van der Waals surface area contributed by atoms with Gasteiger partial charge in [-0.1, -0.05) is 18.2 Å². The van der Waals surface area contributed by atoms with Crippen molar-refractivity contribution in [3.8, 4) is 6.07 Å². The third-order valence-corrected chi connectivity index (χ3v) is 2.32. The first kappa shape index (κ1) is 15.5. The van der Waals surface area contributed by atoms with Crippen LogP contribution in [-0.4, -0.2) is 12.5 Å². The van der Waals surface area contributed by atoms with Gasteiger partial charge in [0.2, 0.25) is 0 Å². The maximum Gasteiger partial charge on any atom is 0.416 e. The van der Waals surface area contributed by atoms with Crippen molar-refractivity contribution in [2.45, 2.75) is 6.18 Å². The second kappa shape index (κ2) is 6.57. The standard InChI is InChI=1S/C14H11F3N2O/c1-2-7-19-13(20)11(9-18)8-10-3-5-12(6-4-10)14(15,16)17/h2-6,8H,1,7H2,(H,19,20)/b11-8+. The number of nitriles is 1. The van der Waals surface area contributed by atoms with Gasteiger partial charge in [0.05, 0.1) is 5.56 Å². The van der Waals surface area contributed by atoms with Crippen LogP contribution < -0.4 is 5.32 Å². The molecule has 6 heteroatoms. The Bertz CT molecular complexity index is 566. The molecule has 1 N–H and O–H groups in total. The van der Waals surface area contributed by atoms with E-state index in [2.05, 4.69) is 11.9 Å². The van der Waals surface area contributed by atoms with Crippen molar-refractivity contribution in [1.29, 1.82) is 5.26 Å². The molecule has 0 fully saturated rings. The van der Waals surface area contributed by atoms with E-state index < -0.39 is 17.6 Å². The zero-order valence-electron chi connectivity index (χ0n) is 10.4. The molecule has 0 unspecified atom stereocenters. The molecular formula is C14H11F3N2O. The fraction of sp³-hybridized carbons (Fsp3) is 0.143. The average molecular weight is 280 g/mol. The number of benzene rings is 1. The summed E-state index contributed by atoms with van der Waals surface area (Å²) in [6.07, 6.45) is -1.74. The number of carbonyl (C=O) groups is 1. The third kappa shape index (κ3) is 4.28. The molecule has 0 saturated heterocycles. The van der Waals surface area contributed by atoms with Crippen molar-refractivity contribution >= 4 is 12.0 Å². The van der Waals surface area contributed by atoms with Gasteiger partial charge in [-0.25, -0.2) is 0 Å². The molecule has 0 bridgehead atoms. The Balaban J connectivity index is 2.94. The van der Waals surface area contributed by atoms with E-state index in [9.17, 15) is 18.0 Å². The molecule has 0 aliphatic carbocycles. The minimum absolute atomic E-state index is 0.188. The molecule has 0 spiro atoms. The largest absolute Gasteiger partial charge is 0.416 e. The Morgan fingerprint density at radius 1 is 1.35 bits per heavy atom. The SMILES string of the molecule is C=CCNC(=O)/C(C#N)=C/c1ccc(C(F)(F)F)cc1. The van der Waals surface area contributed by atoms with Crippen LogP contribution >= 0.6 is 0 Å². The van der Waals surface area contributed by atoms with Crippen molar-refractivity contribution < 1.29 is 18.0 Å². The maximum absolute atomic E-state index is 12.4. The average Bonchev–Trinajstić information content (AvgIpc) is 2.41. The summed E-state index contributed by atoms with van der Waals surface area (Å²) < 4.78 is 37.1. The van der Waals surface area contributed by atoms with Gasteiger partial charge in [-0.05, 0) is 23.8 Å². The Labute approximate surface area is 114 Å². The number of hydrogen-bond donors (Lipinski definition) is 1. The van der Waals surface area contributed by atoms with Crippen LogP contribution in [0, 0.1) is 11.3 Å². The lowest BCUT2D eigenvalue weighted by Gasteiger charge is -2.06. The molecule has 3 nitrogen and oxygen atoms in total. The van der Waals surface area contributed by atoms with Crippen LogP contribution in [0.1, 0.15) is 11.1 Å². The highest BCUT2D eigenvalue weighted by Crippen LogP contribution is 2.29. The summed E-state index contributed by atoms with van der Waals surface area (Å²) in [6.45, 7) is 3.61. The summed E-state index contributed by atoms with van der Waals surface area (Å²) in [6, 6.07) is 5.87. The first-order valence-corrected chi connectivity index (χ1v) is 5.56. The van der Waals surface area contributed by atoms with Crippen LogP contribution in [-0.2, 0) is 11.0 Å². The van der Waals surface area contributed by atoms with E-state index in [4.69, 9.17) is 5.26 Å². The van der Waals surface area contributed by atoms with E-state index in [1.54, 1.807) is 6.07 Å². The summed E-state index contributed by atoms with van der Waals surface area (Å²) in [4.78, 5) is 11.5. The molecule has 1 rings (SSSR count). The van der Waals surface area contributed by atoms with Crippen LogP contribution in [0.25, 0.3) is 6.08 Å². The van der Waals surface area contributed by atoms with Gasteiger partial charge in [-0.3, -0.25) is 4.79 Å². The highest BCUT2D eigenvalue weighted by Gasteiger charge is 2.29. The molecule has 0 atom stereocenters. The number of alkyl halides is 3.